The Morgan fingerprint density at radius 1 is 0.306 bits per heavy atom. The first kappa shape index (κ1) is 60.4. The van der Waals surface area contributed by atoms with Crippen molar-refractivity contribution in [2.45, 2.75) is 317 Å². The zero-order chi connectivity index (χ0) is 45.4. The molecule has 0 amide bonds. The number of unbranched alkanes of at least 4 members (excludes halogenated alkanes) is 35. The van der Waals surface area contributed by atoms with Gasteiger partial charge in [0, 0.05) is 19.3 Å². The average molecular weight is 877 g/mol. The van der Waals surface area contributed by atoms with Gasteiger partial charge in [-0.1, -0.05) is 272 Å². The molecule has 0 radical (unpaired) electrons. The van der Waals surface area contributed by atoms with Gasteiger partial charge in [-0.2, -0.15) is 0 Å². The van der Waals surface area contributed by atoms with E-state index in [9.17, 15) is 14.4 Å². The lowest BCUT2D eigenvalue weighted by Gasteiger charge is -2.18. The molecule has 0 unspecified atom stereocenters. The second-order valence-corrected chi connectivity index (χ2v) is 20.2. The monoisotopic (exact) mass is 877 g/mol. The first-order valence-corrected chi connectivity index (χ1v) is 27.7. The fourth-order valence-corrected chi connectivity index (χ4v) is 8.52. The summed E-state index contributed by atoms with van der Waals surface area (Å²) in [5, 5.41) is 0. The number of ether oxygens (including phenoxy) is 3. The van der Waals surface area contributed by atoms with Crippen LogP contribution in [-0.4, -0.2) is 37.2 Å². The number of hydrogen-bond acceptors (Lipinski definition) is 6. The Labute approximate surface area is 387 Å². The van der Waals surface area contributed by atoms with Gasteiger partial charge in [0.15, 0.2) is 6.10 Å². The van der Waals surface area contributed by atoms with Crippen LogP contribution >= 0.6 is 0 Å². The molecule has 368 valence electrons. The summed E-state index contributed by atoms with van der Waals surface area (Å²) in [6.45, 7) is 11.4. The minimum atomic E-state index is -0.762. The summed E-state index contributed by atoms with van der Waals surface area (Å²) in [5.74, 6) is 0.795. The third kappa shape index (κ3) is 49.4. The Balaban J connectivity index is 4.28. The number of esters is 3. The van der Waals surface area contributed by atoms with Gasteiger partial charge in [-0.25, -0.2) is 0 Å². The standard InChI is InChI=1S/C56H108O6/c1-6-7-8-9-10-11-12-13-14-15-16-17-21-26-31-36-41-46-54(57)60-49-53(62-56(59)48-43-38-33-28-23-25-30-35-40-45-52(4)5)50-61-55(58)47-42-37-32-27-22-19-18-20-24-29-34-39-44-51(2)3/h51-53H,6-50H2,1-5H3/t53-/m0/s1. The molecular weight excluding hydrogens is 769 g/mol. The molecule has 6 nitrogen and oxygen atoms in total. The molecule has 0 aliphatic rings. The normalized spacial score (nSPS) is 12.0. The van der Waals surface area contributed by atoms with Gasteiger partial charge in [-0.3, -0.25) is 14.4 Å². The van der Waals surface area contributed by atoms with Gasteiger partial charge in [-0.15, -0.1) is 0 Å². The average Bonchev–Trinajstić information content (AvgIpc) is 3.24. The molecule has 0 rings (SSSR count). The van der Waals surface area contributed by atoms with E-state index in [0.29, 0.717) is 19.3 Å². The van der Waals surface area contributed by atoms with Crippen LogP contribution in [0.15, 0.2) is 0 Å². The minimum absolute atomic E-state index is 0.0634. The minimum Gasteiger partial charge on any atom is -0.462 e. The Kier molecular flexibility index (Phi) is 47.6. The summed E-state index contributed by atoms with van der Waals surface area (Å²) in [6, 6.07) is 0. The maximum absolute atomic E-state index is 12.8. The summed E-state index contributed by atoms with van der Waals surface area (Å²) in [7, 11) is 0. The fraction of sp³-hybridized carbons (Fsp3) is 0.946. The van der Waals surface area contributed by atoms with Gasteiger partial charge < -0.3 is 14.2 Å². The van der Waals surface area contributed by atoms with Crippen molar-refractivity contribution in [2.75, 3.05) is 13.2 Å². The van der Waals surface area contributed by atoms with Gasteiger partial charge in [0.25, 0.3) is 0 Å². The first-order valence-electron chi connectivity index (χ1n) is 27.7. The van der Waals surface area contributed by atoms with Crippen molar-refractivity contribution < 1.29 is 28.6 Å². The summed E-state index contributed by atoms with van der Waals surface area (Å²) in [5.41, 5.74) is 0. The van der Waals surface area contributed by atoms with Gasteiger partial charge in [0.05, 0.1) is 0 Å². The van der Waals surface area contributed by atoms with E-state index in [1.807, 2.05) is 0 Å². The lowest BCUT2D eigenvalue weighted by atomic mass is 10.0. The third-order valence-corrected chi connectivity index (χ3v) is 12.7. The number of carbonyl (C=O) groups excluding carboxylic acids is 3. The van der Waals surface area contributed by atoms with E-state index in [-0.39, 0.29) is 31.1 Å². The van der Waals surface area contributed by atoms with Crippen molar-refractivity contribution in [3.05, 3.63) is 0 Å². The highest BCUT2D eigenvalue weighted by molar-refractivity contribution is 5.71. The summed E-state index contributed by atoms with van der Waals surface area (Å²) < 4.78 is 16.9. The molecule has 0 saturated carbocycles. The Hall–Kier alpha value is -1.59. The molecule has 0 fully saturated rings. The van der Waals surface area contributed by atoms with Crippen molar-refractivity contribution in [3.8, 4) is 0 Å². The molecule has 0 aliphatic heterocycles. The molecule has 0 saturated heterocycles. The van der Waals surface area contributed by atoms with Gasteiger partial charge in [0.2, 0.25) is 0 Å². The Morgan fingerprint density at radius 2 is 0.532 bits per heavy atom. The lowest BCUT2D eigenvalue weighted by Crippen LogP contribution is -2.30. The van der Waals surface area contributed by atoms with Crippen molar-refractivity contribution >= 4 is 17.9 Å². The number of carbonyl (C=O) groups is 3. The van der Waals surface area contributed by atoms with E-state index in [1.165, 1.54) is 199 Å². The summed E-state index contributed by atoms with van der Waals surface area (Å²) in [4.78, 5) is 38.0. The maximum atomic E-state index is 12.8. The van der Waals surface area contributed by atoms with E-state index in [1.54, 1.807) is 0 Å². The lowest BCUT2D eigenvalue weighted by molar-refractivity contribution is -0.167. The van der Waals surface area contributed by atoms with Crippen LogP contribution in [-0.2, 0) is 28.6 Å². The highest BCUT2D eigenvalue weighted by Gasteiger charge is 2.19. The van der Waals surface area contributed by atoms with Gasteiger partial charge in [-0.05, 0) is 31.1 Å². The van der Waals surface area contributed by atoms with Crippen LogP contribution in [0.5, 0.6) is 0 Å². The SMILES string of the molecule is CCCCCCCCCCCCCCCCCCCC(=O)OC[C@@H](COC(=O)CCCCCCCCCCCCCCC(C)C)OC(=O)CCCCCCCCCCCC(C)C. The van der Waals surface area contributed by atoms with E-state index in [4.69, 9.17) is 14.2 Å². The molecule has 1 atom stereocenters. The largest absolute Gasteiger partial charge is 0.462 e. The highest BCUT2D eigenvalue weighted by Crippen LogP contribution is 2.18. The molecular formula is C56H108O6. The Morgan fingerprint density at radius 3 is 0.790 bits per heavy atom. The molecule has 6 heteroatoms. The van der Waals surface area contributed by atoms with Crippen LogP contribution in [0, 0.1) is 11.8 Å². The van der Waals surface area contributed by atoms with Gasteiger partial charge in [0.1, 0.15) is 13.2 Å². The fourth-order valence-electron chi connectivity index (χ4n) is 8.52. The van der Waals surface area contributed by atoms with Crippen molar-refractivity contribution in [3.63, 3.8) is 0 Å². The molecule has 0 N–H and O–H groups in total. The number of rotatable bonds is 50. The molecule has 0 spiro atoms. The second kappa shape index (κ2) is 48.9. The second-order valence-electron chi connectivity index (χ2n) is 20.2. The van der Waals surface area contributed by atoms with Crippen molar-refractivity contribution in [2.24, 2.45) is 11.8 Å². The van der Waals surface area contributed by atoms with E-state index in [0.717, 1.165) is 69.6 Å². The van der Waals surface area contributed by atoms with Crippen LogP contribution in [0.3, 0.4) is 0 Å². The zero-order valence-electron chi connectivity index (χ0n) is 42.5. The molecule has 0 aliphatic carbocycles. The van der Waals surface area contributed by atoms with Crippen molar-refractivity contribution in [1.82, 2.24) is 0 Å². The van der Waals surface area contributed by atoms with Crippen LogP contribution < -0.4 is 0 Å². The number of hydrogen-bond donors (Lipinski definition) is 0. The highest BCUT2D eigenvalue weighted by atomic mass is 16.6. The topological polar surface area (TPSA) is 78.9 Å². The third-order valence-electron chi connectivity index (χ3n) is 12.7. The van der Waals surface area contributed by atoms with E-state index in [2.05, 4.69) is 34.6 Å². The van der Waals surface area contributed by atoms with Crippen molar-refractivity contribution in [1.29, 1.82) is 0 Å². The van der Waals surface area contributed by atoms with Crippen LogP contribution in [0.1, 0.15) is 311 Å². The van der Waals surface area contributed by atoms with Crippen LogP contribution in [0.4, 0.5) is 0 Å². The Bertz CT molecular complexity index is 947. The smallest absolute Gasteiger partial charge is 0.306 e. The first-order chi connectivity index (χ1) is 30.2. The molecule has 0 bridgehead atoms. The van der Waals surface area contributed by atoms with Crippen LogP contribution in [0.2, 0.25) is 0 Å². The summed E-state index contributed by atoms with van der Waals surface area (Å²) >= 11 is 0. The molecule has 0 aromatic carbocycles. The molecule has 0 aromatic rings. The molecule has 0 heterocycles. The molecule has 62 heavy (non-hydrogen) atoms. The van der Waals surface area contributed by atoms with E-state index >= 15 is 0 Å². The van der Waals surface area contributed by atoms with Gasteiger partial charge >= 0.3 is 17.9 Å². The zero-order valence-corrected chi connectivity index (χ0v) is 42.5. The quantitative estimate of drug-likeness (QED) is 0.0344. The predicted molar refractivity (Wildman–Crippen MR) is 266 cm³/mol. The van der Waals surface area contributed by atoms with E-state index < -0.39 is 6.10 Å². The van der Waals surface area contributed by atoms with Crippen LogP contribution in [0.25, 0.3) is 0 Å². The summed E-state index contributed by atoms with van der Waals surface area (Å²) in [6.07, 6.45) is 50.9. The maximum Gasteiger partial charge on any atom is 0.306 e. The molecule has 0 aromatic heterocycles. The predicted octanol–water partition coefficient (Wildman–Crippen LogP) is 18.1.